The molecule has 1 aromatic heterocycles. The Kier molecular flexibility index (Phi) is 5.56. The van der Waals surface area contributed by atoms with E-state index in [0.717, 1.165) is 43.4 Å². The van der Waals surface area contributed by atoms with Crippen molar-refractivity contribution in [3.63, 3.8) is 0 Å². The van der Waals surface area contributed by atoms with Crippen LogP contribution in [0.3, 0.4) is 0 Å². The first-order valence-electron chi connectivity index (χ1n) is 9.64. The Morgan fingerprint density at radius 3 is 2.90 bits per heavy atom. The number of aliphatic imine (C=N–C) groups is 1. The number of piperidine rings is 1. The smallest absolute Gasteiger partial charge is 0.392 e. The highest BCUT2D eigenvalue weighted by molar-refractivity contribution is 5.99. The molecule has 2 N–H and O–H groups in total. The molecule has 1 radical (unpaired) electrons. The number of alkyl halides is 3. The van der Waals surface area contributed by atoms with Gasteiger partial charge in [-0.25, -0.2) is 0 Å². The van der Waals surface area contributed by atoms with Gasteiger partial charge in [-0.1, -0.05) is 12.1 Å². The van der Waals surface area contributed by atoms with Gasteiger partial charge in [0.15, 0.2) is 0 Å². The highest BCUT2D eigenvalue weighted by atomic mass is 19.4. The lowest BCUT2D eigenvalue weighted by atomic mass is 10.0. The summed E-state index contributed by atoms with van der Waals surface area (Å²) in [4.78, 5) is 10.6. The molecule has 29 heavy (non-hydrogen) atoms. The molecule has 1 fully saturated rings. The summed E-state index contributed by atoms with van der Waals surface area (Å²) in [7, 11) is 0. The normalized spacial score (nSPS) is 20.0. The molecule has 0 saturated carbocycles. The predicted molar refractivity (Wildman–Crippen MR) is 105 cm³/mol. The van der Waals surface area contributed by atoms with Gasteiger partial charge < -0.3 is 15.3 Å². The fourth-order valence-corrected chi connectivity index (χ4v) is 3.75. The number of anilines is 1. The zero-order valence-corrected chi connectivity index (χ0v) is 15.8. The molecule has 1 atom stereocenters. The maximum absolute atomic E-state index is 13.3. The molecular weight excluding hydrogens is 381 g/mol. The molecule has 0 aliphatic carbocycles. The van der Waals surface area contributed by atoms with Crippen LogP contribution in [-0.2, 0) is 6.18 Å². The van der Waals surface area contributed by atoms with Gasteiger partial charge in [0.05, 0.1) is 17.4 Å². The van der Waals surface area contributed by atoms with Gasteiger partial charge in [-0.2, -0.15) is 13.2 Å². The number of β-amino-alcohol motifs (C(OH)–C–C–N with tert-alkyl or cyclic N) is 1. The van der Waals surface area contributed by atoms with Crippen molar-refractivity contribution in [3.05, 3.63) is 54.2 Å². The quantitative estimate of drug-likeness (QED) is 0.812. The molecule has 1 aromatic carbocycles. The number of amidine groups is 1. The topological polar surface area (TPSA) is 60.8 Å². The van der Waals surface area contributed by atoms with Gasteiger partial charge in [-0.05, 0) is 37.6 Å². The number of rotatable bonds is 4. The SMILES string of the molecule is OC1CCCN(CCC2=N[CH]c3ccc(-c4ncccc4C(F)(F)F)cc3N2)C1. The van der Waals surface area contributed by atoms with Gasteiger partial charge in [0.1, 0.15) is 12.4 Å². The zero-order chi connectivity index (χ0) is 20.4. The summed E-state index contributed by atoms with van der Waals surface area (Å²) < 4.78 is 40.0. The van der Waals surface area contributed by atoms with Crippen molar-refractivity contribution in [3.8, 4) is 11.3 Å². The monoisotopic (exact) mass is 403 g/mol. The summed E-state index contributed by atoms with van der Waals surface area (Å²) in [5, 5.41) is 13.0. The molecule has 2 aliphatic rings. The number of aromatic nitrogens is 1. The third kappa shape index (κ3) is 4.59. The Bertz CT molecular complexity index is 913. The number of hydrogen-bond donors (Lipinski definition) is 2. The van der Waals surface area contributed by atoms with Crippen LogP contribution in [0.4, 0.5) is 18.9 Å². The lowest BCUT2D eigenvalue weighted by Gasteiger charge is -2.30. The largest absolute Gasteiger partial charge is 0.418 e. The summed E-state index contributed by atoms with van der Waals surface area (Å²) >= 11 is 0. The van der Waals surface area contributed by atoms with E-state index in [-0.39, 0.29) is 11.8 Å². The number of pyridine rings is 1. The summed E-state index contributed by atoms with van der Waals surface area (Å²) in [5.41, 5.74) is 1.09. The van der Waals surface area contributed by atoms with E-state index in [4.69, 9.17) is 0 Å². The highest BCUT2D eigenvalue weighted by Crippen LogP contribution is 2.37. The van der Waals surface area contributed by atoms with Crippen molar-refractivity contribution in [2.45, 2.75) is 31.5 Å². The fraction of sp³-hybridized carbons (Fsp3) is 0.381. The minimum Gasteiger partial charge on any atom is -0.392 e. The van der Waals surface area contributed by atoms with Gasteiger partial charge in [0.25, 0.3) is 0 Å². The van der Waals surface area contributed by atoms with Crippen LogP contribution in [0.2, 0.25) is 0 Å². The van der Waals surface area contributed by atoms with E-state index < -0.39 is 11.7 Å². The van der Waals surface area contributed by atoms with E-state index in [1.807, 2.05) is 0 Å². The molecule has 1 unspecified atom stereocenters. The summed E-state index contributed by atoms with van der Waals surface area (Å²) in [5.74, 6) is 0.756. The van der Waals surface area contributed by atoms with Crippen LogP contribution in [0.1, 0.15) is 30.4 Å². The predicted octanol–water partition coefficient (Wildman–Crippen LogP) is 3.95. The van der Waals surface area contributed by atoms with E-state index in [1.165, 1.54) is 12.3 Å². The number of halogens is 3. The van der Waals surface area contributed by atoms with Gasteiger partial charge >= 0.3 is 6.18 Å². The van der Waals surface area contributed by atoms with E-state index >= 15 is 0 Å². The number of nitrogens with zero attached hydrogens (tertiary/aromatic N) is 3. The first-order chi connectivity index (χ1) is 13.9. The Labute approximate surface area is 167 Å². The van der Waals surface area contributed by atoms with Crippen LogP contribution in [0.25, 0.3) is 11.3 Å². The average Bonchev–Trinajstić information content (AvgIpc) is 2.71. The Hall–Kier alpha value is -2.45. The van der Waals surface area contributed by atoms with Gasteiger partial charge in [0, 0.05) is 42.5 Å². The Balaban J connectivity index is 1.49. The van der Waals surface area contributed by atoms with Gasteiger partial charge in [0.2, 0.25) is 0 Å². The number of fused-ring (bicyclic) bond motifs is 1. The number of aliphatic hydroxyl groups is 1. The molecule has 153 valence electrons. The van der Waals surface area contributed by atoms with E-state index in [9.17, 15) is 18.3 Å². The van der Waals surface area contributed by atoms with Crippen molar-refractivity contribution < 1.29 is 18.3 Å². The Morgan fingerprint density at radius 2 is 2.10 bits per heavy atom. The third-order valence-corrected chi connectivity index (χ3v) is 5.22. The molecule has 0 bridgehead atoms. The minimum absolute atomic E-state index is 0.0871. The Morgan fingerprint density at radius 1 is 1.24 bits per heavy atom. The molecule has 0 spiro atoms. The summed E-state index contributed by atoms with van der Waals surface area (Å²) in [6, 6.07) is 7.39. The van der Waals surface area contributed by atoms with E-state index in [1.54, 1.807) is 24.7 Å². The van der Waals surface area contributed by atoms with Crippen molar-refractivity contribution >= 4 is 11.5 Å². The number of hydrogen-bond acceptors (Lipinski definition) is 5. The van der Waals surface area contributed by atoms with Crippen molar-refractivity contribution in [1.29, 1.82) is 0 Å². The second kappa shape index (κ2) is 8.12. The molecule has 3 heterocycles. The molecule has 2 aromatic rings. The minimum atomic E-state index is -4.47. The second-order valence-corrected chi connectivity index (χ2v) is 7.38. The van der Waals surface area contributed by atoms with Crippen LogP contribution in [0.15, 0.2) is 41.5 Å². The molecule has 4 rings (SSSR count). The van der Waals surface area contributed by atoms with Crippen LogP contribution in [0, 0.1) is 6.54 Å². The van der Waals surface area contributed by atoms with Crippen molar-refractivity contribution in [2.24, 2.45) is 4.99 Å². The first-order valence-corrected chi connectivity index (χ1v) is 9.64. The summed E-state index contributed by atoms with van der Waals surface area (Å²) in [6.45, 7) is 4.11. The van der Waals surface area contributed by atoms with Crippen molar-refractivity contribution in [1.82, 2.24) is 9.88 Å². The van der Waals surface area contributed by atoms with Gasteiger partial charge in [-0.3, -0.25) is 9.98 Å². The van der Waals surface area contributed by atoms with Crippen LogP contribution in [0.5, 0.6) is 0 Å². The standard InChI is InChI=1S/C21H22F3N4O/c22-21(23,24)17-4-1-8-25-20(17)14-5-6-15-12-26-19(27-18(15)11-14)7-10-28-9-2-3-16(29)13-28/h1,4-6,8,11-12,16,29H,2-3,7,9-10,13H2,(H,26,27). The summed E-state index contributed by atoms with van der Waals surface area (Å²) in [6.07, 6.45) is -0.891. The fourth-order valence-electron chi connectivity index (χ4n) is 3.75. The van der Waals surface area contributed by atoms with Crippen LogP contribution >= 0.6 is 0 Å². The lowest BCUT2D eigenvalue weighted by molar-refractivity contribution is -0.137. The maximum atomic E-state index is 13.3. The third-order valence-electron chi connectivity index (χ3n) is 5.22. The number of benzene rings is 1. The van der Waals surface area contributed by atoms with E-state index in [2.05, 4.69) is 20.2 Å². The molecule has 1 saturated heterocycles. The van der Waals surface area contributed by atoms with E-state index in [0.29, 0.717) is 24.2 Å². The number of likely N-dealkylation sites (tertiary alicyclic amines) is 1. The highest BCUT2D eigenvalue weighted by Gasteiger charge is 2.34. The van der Waals surface area contributed by atoms with Gasteiger partial charge in [-0.15, -0.1) is 0 Å². The molecule has 0 amide bonds. The van der Waals surface area contributed by atoms with Crippen molar-refractivity contribution in [2.75, 3.05) is 25.0 Å². The number of aliphatic hydroxyl groups excluding tert-OH is 1. The zero-order valence-electron chi connectivity index (χ0n) is 15.8. The molecule has 8 heteroatoms. The molecular formula is C21H22F3N4O. The molecule has 2 aliphatic heterocycles. The first kappa shape index (κ1) is 19.8. The molecule has 5 nitrogen and oxygen atoms in total. The lowest BCUT2D eigenvalue weighted by Crippen LogP contribution is -2.39. The van der Waals surface area contributed by atoms with Crippen LogP contribution in [-0.4, -0.2) is 46.6 Å². The van der Waals surface area contributed by atoms with Crippen LogP contribution < -0.4 is 5.32 Å². The maximum Gasteiger partial charge on any atom is 0.418 e. The number of nitrogens with one attached hydrogen (secondary N) is 1. The average molecular weight is 403 g/mol. The second-order valence-electron chi connectivity index (χ2n) is 7.38.